The van der Waals surface area contributed by atoms with Gasteiger partial charge in [0.2, 0.25) is 5.69 Å². The second kappa shape index (κ2) is 10.9. The summed E-state index contributed by atoms with van der Waals surface area (Å²) < 4.78 is 86.5. The van der Waals surface area contributed by atoms with Gasteiger partial charge in [0, 0.05) is 23.2 Å². The van der Waals surface area contributed by atoms with Gasteiger partial charge in [-0.05, 0) is 92.7 Å². The quantitative estimate of drug-likeness (QED) is 0.167. The van der Waals surface area contributed by atoms with Crippen LogP contribution in [0.4, 0.5) is 0 Å². The molecule has 8 aromatic rings. The summed E-state index contributed by atoms with van der Waals surface area (Å²) in [5.41, 5.74) is 10.0. The molecule has 0 radical (unpaired) electrons. The van der Waals surface area contributed by atoms with Crippen molar-refractivity contribution in [1.82, 2.24) is 4.57 Å². The van der Waals surface area contributed by atoms with Crippen LogP contribution in [0.25, 0.3) is 72.7 Å². The van der Waals surface area contributed by atoms with Gasteiger partial charge in [-0.2, -0.15) is 4.57 Å². The Balaban J connectivity index is 1.35. The fourth-order valence-corrected chi connectivity index (χ4v) is 8.73. The summed E-state index contributed by atoms with van der Waals surface area (Å²) >= 11 is 0. The van der Waals surface area contributed by atoms with Crippen LogP contribution in [0.5, 0.6) is 5.75 Å². The summed E-state index contributed by atoms with van der Waals surface area (Å²) in [6.07, 6.45) is -0.332. The molecular formula is C51H43N3O+2. The number of fused-ring (bicyclic) bond motifs is 5. The van der Waals surface area contributed by atoms with Gasteiger partial charge in [-0.25, -0.2) is 0 Å². The van der Waals surface area contributed by atoms with Gasteiger partial charge in [0.25, 0.3) is 0 Å². The molecule has 266 valence electrons. The topological polar surface area (TPSA) is 21.9 Å². The number of hydrogen-bond donors (Lipinski definition) is 0. The van der Waals surface area contributed by atoms with E-state index in [0.29, 0.717) is 16.9 Å². The molecule has 0 amide bonds. The minimum Gasteiger partial charge on any atom is -0.392 e. The van der Waals surface area contributed by atoms with Crippen molar-refractivity contribution in [2.45, 2.75) is 58.2 Å². The van der Waals surface area contributed by atoms with Crippen molar-refractivity contribution in [3.05, 3.63) is 168 Å². The Labute approximate surface area is 333 Å². The van der Waals surface area contributed by atoms with E-state index in [2.05, 4.69) is 105 Å². The number of nitrogens with zero attached hydrogens (tertiary/aromatic N) is 3. The predicted molar refractivity (Wildman–Crippen MR) is 221 cm³/mol. The molecule has 1 unspecified atom stereocenters. The van der Waals surface area contributed by atoms with Crippen molar-refractivity contribution in [2.75, 3.05) is 0 Å². The highest BCUT2D eigenvalue weighted by Crippen LogP contribution is 2.54. The normalized spacial score (nSPS) is 18.1. The lowest BCUT2D eigenvalue weighted by molar-refractivity contribution is -0.997. The summed E-state index contributed by atoms with van der Waals surface area (Å²) in [4.78, 5) is 0. The number of pyridine rings is 1. The highest BCUT2D eigenvalue weighted by Gasteiger charge is 2.68. The number of para-hydroxylation sites is 2. The molecule has 2 aromatic heterocycles. The summed E-state index contributed by atoms with van der Waals surface area (Å²) in [6.45, 7) is 13.0. The maximum Gasteiger partial charge on any atom is 0.499 e. The van der Waals surface area contributed by atoms with E-state index in [4.69, 9.17) is 11.6 Å². The zero-order chi connectivity index (χ0) is 44.4. The van der Waals surface area contributed by atoms with Gasteiger partial charge in [-0.15, -0.1) is 9.13 Å². The van der Waals surface area contributed by atoms with Crippen molar-refractivity contribution in [3.8, 4) is 67.5 Å². The molecule has 6 aromatic carbocycles. The SMILES string of the molecule is [2H]c1c([2H])c([2H])c(-c2c([2H])c([2H])[n+]3c(c2[2H])-c2cc(C(C)(C)C)cc4c2C32Oc3ccccc3-c3n(-c5cc(-c6ccccc6)cc(C(C)(C)C)c5)c5cccc-4c5[n+]32)c([2H])c1[2H]. The highest BCUT2D eigenvalue weighted by atomic mass is 16.5. The number of aromatic nitrogens is 3. The number of rotatable bonds is 3. The third-order valence-corrected chi connectivity index (χ3v) is 11.4. The van der Waals surface area contributed by atoms with Crippen LogP contribution in [-0.4, -0.2) is 4.57 Å². The highest BCUT2D eigenvalue weighted by molar-refractivity contribution is 5.98. The number of benzene rings is 6. The standard InChI is InChI=1S/C51H43N3O/c1-49(2,3)36-26-35(33-18-11-8-12-19-33)27-38(29-36)53-43-22-15-21-39-41-30-37(50(4,5)6)31-42-44-28-34(32-16-9-7-10-17-32)24-25-52(44)51(46(41)42)54(47(39)43)48(53)40-20-13-14-23-45(40)55-51/h7-31H,1-6H3/q+2/i7D,9D,10D,16D,17D,24D,25D,28D. The second-order valence-electron chi connectivity index (χ2n) is 16.9. The molecular weight excluding hydrogens is 671 g/mol. The van der Waals surface area contributed by atoms with Gasteiger partial charge in [0.15, 0.2) is 17.2 Å². The summed E-state index contributed by atoms with van der Waals surface area (Å²) in [6, 6.07) is 32.0. The monoisotopic (exact) mass is 721 g/mol. The Hall–Kier alpha value is -6.26. The van der Waals surface area contributed by atoms with Crippen LogP contribution < -0.4 is 13.9 Å². The minimum atomic E-state index is -1.66. The predicted octanol–water partition coefficient (Wildman–Crippen LogP) is 11.4. The summed E-state index contributed by atoms with van der Waals surface area (Å²) in [5, 5.41) is 0. The molecule has 55 heavy (non-hydrogen) atoms. The smallest absolute Gasteiger partial charge is 0.392 e. The molecule has 11 rings (SSSR count). The molecule has 4 nitrogen and oxygen atoms in total. The lowest BCUT2D eigenvalue weighted by Crippen LogP contribution is -2.78. The van der Waals surface area contributed by atoms with Crippen molar-refractivity contribution >= 4 is 11.0 Å². The zero-order valence-electron chi connectivity index (χ0n) is 39.6. The van der Waals surface area contributed by atoms with Crippen LogP contribution in [-0.2, 0) is 16.7 Å². The van der Waals surface area contributed by atoms with Crippen molar-refractivity contribution in [3.63, 3.8) is 0 Å². The van der Waals surface area contributed by atoms with Crippen LogP contribution in [0.3, 0.4) is 0 Å². The van der Waals surface area contributed by atoms with E-state index in [9.17, 15) is 4.11 Å². The maximum atomic E-state index is 10.1. The van der Waals surface area contributed by atoms with E-state index in [1.807, 2.05) is 48.5 Å². The van der Waals surface area contributed by atoms with Gasteiger partial charge in [-0.3, -0.25) is 0 Å². The third kappa shape index (κ3) is 4.40. The van der Waals surface area contributed by atoms with Crippen LogP contribution in [0.15, 0.2) is 152 Å². The van der Waals surface area contributed by atoms with Gasteiger partial charge in [0.1, 0.15) is 23.9 Å². The average Bonchev–Trinajstić information content (AvgIpc) is 3.77. The minimum absolute atomic E-state index is 0.206. The van der Waals surface area contributed by atoms with E-state index in [-0.39, 0.29) is 39.9 Å². The van der Waals surface area contributed by atoms with E-state index < -0.39 is 42.1 Å². The molecule has 4 heteroatoms. The number of hydrogen-bond acceptors (Lipinski definition) is 1. The number of ether oxygens (including phenoxy) is 1. The fourth-order valence-electron chi connectivity index (χ4n) is 8.73. The van der Waals surface area contributed by atoms with E-state index in [1.54, 1.807) is 4.57 Å². The van der Waals surface area contributed by atoms with Crippen LogP contribution in [0.2, 0.25) is 0 Å². The first-order chi connectivity index (χ1) is 29.9. The van der Waals surface area contributed by atoms with Gasteiger partial charge >= 0.3 is 11.7 Å². The lowest BCUT2D eigenvalue weighted by Gasteiger charge is -2.32. The molecule has 3 aliphatic rings. The Bertz CT molecular complexity index is 3350. The van der Waals surface area contributed by atoms with Crippen LogP contribution in [0, 0.1) is 0 Å². The molecule has 0 aliphatic carbocycles. The van der Waals surface area contributed by atoms with Crippen molar-refractivity contribution in [1.29, 1.82) is 0 Å². The molecule has 0 bridgehead atoms. The molecule has 5 heterocycles. The van der Waals surface area contributed by atoms with Gasteiger partial charge in [-0.1, -0.05) is 126 Å². The Morgan fingerprint density at radius 2 is 1.33 bits per heavy atom. The molecule has 3 aliphatic heterocycles. The lowest BCUT2D eigenvalue weighted by atomic mass is 9.80. The second-order valence-corrected chi connectivity index (χ2v) is 16.9. The first-order valence-corrected chi connectivity index (χ1v) is 18.8. The molecule has 1 spiro atoms. The van der Waals surface area contributed by atoms with Gasteiger partial charge in [0.05, 0.1) is 15.2 Å². The number of imidazole rings is 1. The van der Waals surface area contributed by atoms with Crippen LogP contribution >= 0.6 is 0 Å². The molecule has 1 atom stereocenters. The molecule has 0 saturated carbocycles. The first kappa shape index (κ1) is 24.9. The van der Waals surface area contributed by atoms with Crippen molar-refractivity contribution < 1.29 is 24.8 Å². The molecule has 0 fully saturated rings. The molecule has 0 N–H and O–H groups in total. The third-order valence-electron chi connectivity index (χ3n) is 11.4. The largest absolute Gasteiger partial charge is 0.499 e. The molecule has 0 saturated heterocycles. The zero-order valence-corrected chi connectivity index (χ0v) is 31.6. The van der Waals surface area contributed by atoms with Crippen molar-refractivity contribution in [2.24, 2.45) is 0 Å². The van der Waals surface area contributed by atoms with Gasteiger partial charge < -0.3 is 4.74 Å². The first-order valence-electron chi connectivity index (χ1n) is 22.8. The maximum absolute atomic E-state index is 10.1. The Kier molecular flexibility index (Phi) is 4.95. The van der Waals surface area contributed by atoms with E-state index >= 15 is 0 Å². The van der Waals surface area contributed by atoms with E-state index in [0.717, 1.165) is 61.5 Å². The summed E-state index contributed by atoms with van der Waals surface area (Å²) in [7, 11) is 0. The summed E-state index contributed by atoms with van der Waals surface area (Å²) in [5.74, 6) is -0.332. The van der Waals surface area contributed by atoms with Crippen LogP contribution in [0.1, 0.15) is 69.2 Å². The Morgan fingerprint density at radius 1 is 0.618 bits per heavy atom. The Morgan fingerprint density at radius 3 is 2.11 bits per heavy atom. The average molecular weight is 722 g/mol. The van der Waals surface area contributed by atoms with E-state index in [1.165, 1.54) is 0 Å². The fraction of sp³-hybridized carbons (Fsp3) is 0.176.